The molecule has 190 valence electrons. The molecule has 2 aromatic carbocycles. The number of rotatable bonds is 9. The zero-order chi connectivity index (χ0) is 25.6. The third kappa shape index (κ3) is 5.79. The minimum Gasteiger partial charge on any atom is -0.478 e. The molecule has 0 saturated carbocycles. The summed E-state index contributed by atoms with van der Waals surface area (Å²) in [6.07, 6.45) is 6.94. The van der Waals surface area contributed by atoms with Crippen molar-refractivity contribution in [2.45, 2.75) is 32.3 Å². The molecule has 1 atom stereocenters. The number of nitrogens with zero attached hydrogens (tertiary/aromatic N) is 4. The van der Waals surface area contributed by atoms with Gasteiger partial charge in [0.1, 0.15) is 0 Å². The van der Waals surface area contributed by atoms with Crippen LogP contribution in [0, 0.1) is 0 Å². The van der Waals surface area contributed by atoms with Crippen molar-refractivity contribution >= 4 is 5.97 Å². The van der Waals surface area contributed by atoms with Crippen LogP contribution in [-0.4, -0.2) is 57.0 Å². The smallest absolute Gasteiger partial charge is 0.335 e. The lowest BCUT2D eigenvalue weighted by atomic mass is 9.99. The molecule has 1 aliphatic rings. The Bertz CT molecular complexity index is 1350. The number of pyridine rings is 1. The van der Waals surface area contributed by atoms with Gasteiger partial charge in [0.2, 0.25) is 0 Å². The number of benzene rings is 2. The fraction of sp³-hybridized carbons (Fsp3) is 0.300. The van der Waals surface area contributed by atoms with Gasteiger partial charge in [-0.25, -0.2) is 14.5 Å². The Morgan fingerprint density at radius 3 is 2.51 bits per heavy atom. The summed E-state index contributed by atoms with van der Waals surface area (Å²) < 4.78 is 8.03. The maximum Gasteiger partial charge on any atom is 0.335 e. The van der Waals surface area contributed by atoms with Crippen molar-refractivity contribution in [1.82, 2.24) is 19.7 Å². The first-order valence-electron chi connectivity index (χ1n) is 12.9. The zero-order valence-electron chi connectivity index (χ0n) is 21.1. The second-order valence-electron chi connectivity index (χ2n) is 9.43. The van der Waals surface area contributed by atoms with Crippen molar-refractivity contribution in [3.8, 4) is 28.2 Å². The first kappa shape index (κ1) is 24.9. The molecule has 0 bridgehead atoms. The number of hydrogen-bond acceptors (Lipinski definition) is 5. The summed E-state index contributed by atoms with van der Waals surface area (Å²) in [4.78, 5) is 18.5. The van der Waals surface area contributed by atoms with Gasteiger partial charge in [-0.3, -0.25) is 0 Å². The number of carboxylic acids is 1. The van der Waals surface area contributed by atoms with E-state index in [0.717, 1.165) is 47.6 Å². The molecule has 0 amide bonds. The van der Waals surface area contributed by atoms with Crippen LogP contribution in [0.4, 0.5) is 0 Å². The van der Waals surface area contributed by atoms with E-state index in [9.17, 15) is 9.90 Å². The van der Waals surface area contributed by atoms with Crippen LogP contribution in [0.1, 0.15) is 48.2 Å². The quantitative estimate of drug-likeness (QED) is 0.312. The van der Waals surface area contributed by atoms with Gasteiger partial charge in [-0.2, -0.15) is 5.10 Å². The molecular weight excluding hydrogens is 464 g/mol. The second kappa shape index (κ2) is 11.5. The van der Waals surface area contributed by atoms with Crippen LogP contribution in [0.2, 0.25) is 0 Å². The predicted octanol–water partition coefficient (Wildman–Crippen LogP) is 5.86. The van der Waals surface area contributed by atoms with E-state index in [-0.39, 0.29) is 11.7 Å². The van der Waals surface area contributed by atoms with E-state index in [4.69, 9.17) is 4.74 Å². The first-order chi connectivity index (χ1) is 18.1. The number of hydrogen-bond donors (Lipinski definition) is 1. The average molecular weight is 497 g/mol. The van der Waals surface area contributed by atoms with Crippen LogP contribution in [-0.2, 0) is 4.74 Å². The van der Waals surface area contributed by atoms with Crippen LogP contribution in [0.5, 0.6) is 0 Å². The fourth-order valence-corrected chi connectivity index (χ4v) is 4.90. The van der Waals surface area contributed by atoms with Crippen molar-refractivity contribution in [2.24, 2.45) is 0 Å². The van der Waals surface area contributed by atoms with Gasteiger partial charge in [-0.1, -0.05) is 55.0 Å². The number of likely N-dealkylation sites (tertiary alicyclic amines) is 1. The molecule has 1 N–H and O–H groups in total. The van der Waals surface area contributed by atoms with E-state index in [1.165, 1.54) is 31.5 Å². The molecule has 5 rings (SSSR count). The highest BCUT2D eigenvalue weighted by molar-refractivity contribution is 5.88. The average Bonchev–Trinajstić information content (AvgIpc) is 3.40. The minimum absolute atomic E-state index is 0.164. The van der Waals surface area contributed by atoms with Crippen molar-refractivity contribution in [1.29, 1.82) is 0 Å². The zero-order valence-corrected chi connectivity index (χ0v) is 21.1. The number of carboxylic acid groups (broad SMARTS) is 1. The largest absolute Gasteiger partial charge is 0.478 e. The van der Waals surface area contributed by atoms with Crippen LogP contribution < -0.4 is 0 Å². The highest BCUT2D eigenvalue weighted by atomic mass is 16.5. The summed E-state index contributed by atoms with van der Waals surface area (Å²) in [7, 11) is 0. The summed E-state index contributed by atoms with van der Waals surface area (Å²) in [5.41, 5.74) is 5.11. The van der Waals surface area contributed by atoms with E-state index in [0.29, 0.717) is 12.4 Å². The minimum atomic E-state index is -1.00. The van der Waals surface area contributed by atoms with Gasteiger partial charge < -0.3 is 14.7 Å². The van der Waals surface area contributed by atoms with Crippen molar-refractivity contribution in [3.63, 3.8) is 0 Å². The van der Waals surface area contributed by atoms with E-state index in [2.05, 4.69) is 39.2 Å². The summed E-state index contributed by atoms with van der Waals surface area (Å²) in [5.74, 6) is -0.551. The van der Waals surface area contributed by atoms with Crippen molar-refractivity contribution in [3.05, 3.63) is 90.3 Å². The molecule has 37 heavy (non-hydrogen) atoms. The molecule has 0 unspecified atom stereocenters. The molecule has 1 aliphatic heterocycles. The molecular formula is C30H32N4O3. The molecule has 4 aromatic rings. The molecule has 1 fully saturated rings. The van der Waals surface area contributed by atoms with Gasteiger partial charge in [-0.15, -0.1) is 0 Å². The van der Waals surface area contributed by atoms with Crippen molar-refractivity contribution in [2.75, 3.05) is 26.2 Å². The van der Waals surface area contributed by atoms with Crippen LogP contribution in [0.3, 0.4) is 0 Å². The van der Waals surface area contributed by atoms with E-state index in [1.807, 2.05) is 43.5 Å². The SMILES string of the molecule is C[C@H](OCCN1CCCCC1)c1cnn(-c2cc(C(=O)O)ccn2)c1-c1cccc(-c2ccccc2)c1. The topological polar surface area (TPSA) is 80.5 Å². The predicted molar refractivity (Wildman–Crippen MR) is 144 cm³/mol. The lowest BCUT2D eigenvalue weighted by molar-refractivity contribution is 0.0445. The lowest BCUT2D eigenvalue weighted by Crippen LogP contribution is -2.32. The van der Waals surface area contributed by atoms with Gasteiger partial charge in [-0.05, 0) is 62.2 Å². The molecule has 3 heterocycles. The highest BCUT2D eigenvalue weighted by Gasteiger charge is 2.22. The molecule has 0 spiro atoms. The number of aromatic nitrogens is 3. The normalized spacial score (nSPS) is 14.9. The summed E-state index contributed by atoms with van der Waals surface area (Å²) in [6.45, 7) is 5.88. The molecule has 7 nitrogen and oxygen atoms in total. The van der Waals surface area contributed by atoms with Gasteiger partial charge in [0.25, 0.3) is 0 Å². The Morgan fingerprint density at radius 2 is 1.73 bits per heavy atom. The van der Waals surface area contributed by atoms with Gasteiger partial charge in [0.05, 0.1) is 30.2 Å². The van der Waals surface area contributed by atoms with E-state index < -0.39 is 5.97 Å². The van der Waals surface area contributed by atoms with Gasteiger partial charge >= 0.3 is 5.97 Å². The standard InChI is InChI=1S/C30H32N4O3/c1-22(37-18-17-33-15-6-3-7-16-33)27-21-32-34(28-20-26(30(35)36)13-14-31-28)29(27)25-12-8-11-24(19-25)23-9-4-2-5-10-23/h2,4-5,8-14,19-22H,3,6-7,15-18H2,1H3,(H,35,36)/t22-/m0/s1. The lowest BCUT2D eigenvalue weighted by Gasteiger charge is -2.26. The molecule has 1 saturated heterocycles. The van der Waals surface area contributed by atoms with Gasteiger partial charge in [0.15, 0.2) is 5.82 Å². The second-order valence-corrected chi connectivity index (χ2v) is 9.43. The molecule has 0 radical (unpaired) electrons. The number of carbonyl (C=O) groups is 1. The Kier molecular flexibility index (Phi) is 7.73. The Labute approximate surface area is 217 Å². The number of aromatic carboxylic acids is 1. The summed E-state index contributed by atoms with van der Waals surface area (Å²) in [6, 6.07) is 21.5. The maximum atomic E-state index is 11.6. The summed E-state index contributed by atoms with van der Waals surface area (Å²) in [5, 5.41) is 14.2. The van der Waals surface area contributed by atoms with Crippen LogP contribution in [0.15, 0.2) is 79.1 Å². The molecule has 0 aliphatic carbocycles. The van der Waals surface area contributed by atoms with E-state index >= 15 is 0 Å². The third-order valence-electron chi connectivity index (χ3n) is 6.91. The maximum absolute atomic E-state index is 11.6. The molecule has 2 aromatic heterocycles. The molecule has 7 heteroatoms. The third-order valence-corrected chi connectivity index (χ3v) is 6.91. The highest BCUT2D eigenvalue weighted by Crippen LogP contribution is 2.34. The fourth-order valence-electron chi connectivity index (χ4n) is 4.90. The van der Waals surface area contributed by atoms with Crippen LogP contribution >= 0.6 is 0 Å². The Hall–Kier alpha value is -3.81. The van der Waals surface area contributed by atoms with Crippen molar-refractivity contribution < 1.29 is 14.6 Å². The summed E-state index contributed by atoms with van der Waals surface area (Å²) >= 11 is 0. The number of piperidine rings is 1. The van der Waals surface area contributed by atoms with Gasteiger partial charge in [0, 0.05) is 23.9 Å². The van der Waals surface area contributed by atoms with Crippen LogP contribution in [0.25, 0.3) is 28.2 Å². The Balaban J connectivity index is 1.50. The Morgan fingerprint density at radius 1 is 0.973 bits per heavy atom. The van der Waals surface area contributed by atoms with E-state index in [1.54, 1.807) is 10.7 Å². The first-order valence-corrected chi connectivity index (χ1v) is 12.9. The number of ether oxygens (including phenoxy) is 1. The monoisotopic (exact) mass is 496 g/mol.